The average Bonchev–Trinajstić information content (AvgIpc) is 2.10. The number of carboxylic acids is 1. The van der Waals surface area contributed by atoms with E-state index in [9.17, 15) is 9.00 Å². The van der Waals surface area contributed by atoms with Gasteiger partial charge in [0.2, 0.25) is 0 Å². The van der Waals surface area contributed by atoms with Gasteiger partial charge in [0, 0.05) is 16.2 Å². The van der Waals surface area contributed by atoms with E-state index in [4.69, 9.17) is 5.11 Å². The summed E-state index contributed by atoms with van der Waals surface area (Å²) in [6.07, 6.45) is 1.92. The third kappa shape index (κ3) is 1.54. The monoisotopic (exact) mass is 163 g/mol. The van der Waals surface area contributed by atoms with Crippen molar-refractivity contribution < 1.29 is 14.1 Å². The molecule has 1 rings (SSSR count). The van der Waals surface area contributed by atoms with Crippen LogP contribution in [0.15, 0.2) is 0 Å². The summed E-state index contributed by atoms with van der Waals surface area (Å²) in [5.74, 6) is -0.545. The summed E-state index contributed by atoms with van der Waals surface area (Å²) in [6.45, 7) is 0. The number of hydrogen-bond donors (Lipinski definition) is 1. The number of carbonyl (C=O) groups is 1. The third-order valence-corrected chi connectivity index (χ3v) is 3.10. The Kier molecular flexibility index (Phi) is 1.78. The maximum atomic E-state index is 11.1. The number of carboxylic acid groups (broad SMARTS) is 1. The van der Waals surface area contributed by atoms with Crippen molar-refractivity contribution >= 4 is 16.1 Å². The molecule has 0 aromatic rings. The average molecular weight is 163 g/mol. The summed E-state index contributed by atoms with van der Waals surface area (Å²) in [5, 5.41) is 8.43. The minimum atomic E-state index is -2.15. The zero-order valence-corrected chi connectivity index (χ0v) is 6.43. The molecule has 1 heterocycles. The second kappa shape index (κ2) is 2.32. The molecule has 2 atom stereocenters. The first-order valence-corrected chi connectivity index (χ1v) is 5.02. The molecule has 0 amide bonds. The predicted molar refractivity (Wildman–Crippen MR) is 38.2 cm³/mol. The summed E-state index contributed by atoms with van der Waals surface area (Å²) in [4.78, 5) is 10.3. The zero-order valence-electron chi connectivity index (χ0n) is 5.61. The van der Waals surface area contributed by atoms with E-state index in [0.717, 1.165) is 0 Å². The Morgan fingerprint density at radius 1 is 1.80 bits per heavy atom. The van der Waals surface area contributed by atoms with E-state index in [1.807, 2.05) is 0 Å². The van der Waals surface area contributed by atoms with Crippen molar-refractivity contribution in [2.24, 2.45) is 0 Å². The van der Waals surface area contributed by atoms with E-state index in [1.165, 1.54) is 6.26 Å². The second-order valence-corrected chi connectivity index (χ2v) is 4.95. The SMILES string of the molecule is C[S+]1(=O)CC[C@@H](C(=O)O)[N-]1. The lowest BCUT2D eigenvalue weighted by Crippen LogP contribution is -2.15. The van der Waals surface area contributed by atoms with E-state index in [1.54, 1.807) is 0 Å². The smallest absolute Gasteiger partial charge is 0.288 e. The van der Waals surface area contributed by atoms with Gasteiger partial charge in [-0.15, -0.1) is 4.21 Å². The summed E-state index contributed by atoms with van der Waals surface area (Å²) in [6, 6.07) is -0.725. The van der Waals surface area contributed by atoms with Crippen LogP contribution in [-0.2, 0) is 19.1 Å². The highest BCUT2D eigenvalue weighted by Crippen LogP contribution is 2.27. The van der Waals surface area contributed by atoms with Crippen LogP contribution in [0.1, 0.15) is 6.42 Å². The van der Waals surface area contributed by atoms with Crippen LogP contribution >= 0.6 is 0 Å². The molecule has 5 heteroatoms. The van der Waals surface area contributed by atoms with Crippen LogP contribution in [-0.4, -0.2) is 29.1 Å². The molecule has 4 nitrogen and oxygen atoms in total. The van der Waals surface area contributed by atoms with Gasteiger partial charge in [0.05, 0.1) is 12.0 Å². The normalized spacial score (nSPS) is 39.9. The van der Waals surface area contributed by atoms with Gasteiger partial charge in [-0.25, -0.2) is 0 Å². The van der Waals surface area contributed by atoms with Gasteiger partial charge in [-0.2, -0.15) is 0 Å². The van der Waals surface area contributed by atoms with Crippen LogP contribution in [0.25, 0.3) is 4.72 Å². The fourth-order valence-corrected chi connectivity index (χ4v) is 2.37. The van der Waals surface area contributed by atoms with Gasteiger partial charge < -0.3 is 9.83 Å². The molecule has 0 spiro atoms. The van der Waals surface area contributed by atoms with Crippen molar-refractivity contribution in [1.29, 1.82) is 0 Å². The Hall–Kier alpha value is -0.420. The Balaban J connectivity index is 2.60. The van der Waals surface area contributed by atoms with Crippen molar-refractivity contribution in [3.05, 3.63) is 4.72 Å². The van der Waals surface area contributed by atoms with Crippen LogP contribution in [0, 0.1) is 0 Å². The predicted octanol–water partition coefficient (Wildman–Crippen LogP) is 0.261. The summed E-state index contributed by atoms with van der Waals surface area (Å²) in [5.41, 5.74) is 0. The Morgan fingerprint density at radius 2 is 2.40 bits per heavy atom. The van der Waals surface area contributed by atoms with E-state index in [-0.39, 0.29) is 0 Å². The lowest BCUT2D eigenvalue weighted by atomic mass is 10.2. The lowest BCUT2D eigenvalue weighted by Gasteiger charge is -2.14. The highest BCUT2D eigenvalue weighted by atomic mass is 32.3. The molecule has 1 saturated heterocycles. The van der Waals surface area contributed by atoms with Gasteiger partial charge in [0.15, 0.2) is 0 Å². The molecule has 0 saturated carbocycles. The Morgan fingerprint density at radius 3 is 2.60 bits per heavy atom. The quantitative estimate of drug-likeness (QED) is 0.564. The molecule has 0 radical (unpaired) electrons. The molecular formula is C5H9NO3S. The number of rotatable bonds is 1. The van der Waals surface area contributed by atoms with Crippen molar-refractivity contribution in [1.82, 2.24) is 0 Å². The van der Waals surface area contributed by atoms with Gasteiger partial charge >= 0.3 is 0 Å². The molecule has 0 aliphatic carbocycles. The zero-order chi connectivity index (χ0) is 7.78. The van der Waals surface area contributed by atoms with Crippen molar-refractivity contribution in [3.63, 3.8) is 0 Å². The molecule has 1 N–H and O–H groups in total. The van der Waals surface area contributed by atoms with Crippen LogP contribution in [0.2, 0.25) is 0 Å². The molecule has 58 valence electrons. The van der Waals surface area contributed by atoms with Crippen LogP contribution in [0.3, 0.4) is 0 Å². The number of nitrogens with zero attached hydrogens (tertiary/aromatic N) is 1. The van der Waals surface area contributed by atoms with Crippen molar-refractivity contribution in [2.45, 2.75) is 12.5 Å². The van der Waals surface area contributed by atoms with E-state index in [2.05, 4.69) is 4.72 Å². The molecule has 0 aromatic heterocycles. The number of hydrogen-bond acceptors (Lipinski definition) is 2. The molecule has 10 heavy (non-hydrogen) atoms. The van der Waals surface area contributed by atoms with Crippen LogP contribution in [0.4, 0.5) is 0 Å². The lowest BCUT2D eigenvalue weighted by molar-refractivity contribution is -0.137. The van der Waals surface area contributed by atoms with Crippen molar-refractivity contribution in [3.8, 4) is 0 Å². The van der Waals surface area contributed by atoms with Gasteiger partial charge in [-0.3, -0.25) is 4.79 Å². The van der Waals surface area contributed by atoms with E-state index >= 15 is 0 Å². The first-order valence-electron chi connectivity index (χ1n) is 2.93. The minimum Gasteiger partial charge on any atom is -0.482 e. The fourth-order valence-electron chi connectivity index (χ4n) is 0.873. The summed E-state index contributed by atoms with van der Waals surface area (Å²) >= 11 is 0. The van der Waals surface area contributed by atoms with Crippen LogP contribution < -0.4 is 0 Å². The van der Waals surface area contributed by atoms with Gasteiger partial charge in [-0.05, 0) is 6.42 Å². The third-order valence-electron chi connectivity index (χ3n) is 1.41. The molecule has 0 aromatic carbocycles. The molecule has 1 unspecified atom stereocenters. The molecule has 1 aliphatic heterocycles. The highest BCUT2D eigenvalue weighted by Gasteiger charge is 2.27. The van der Waals surface area contributed by atoms with E-state index in [0.29, 0.717) is 12.2 Å². The maximum absolute atomic E-state index is 11.1. The minimum absolute atomic E-state index is 0.421. The molecule has 1 fully saturated rings. The topological polar surface area (TPSA) is 68.5 Å². The standard InChI is InChI=1S/C5H9NO3S/c1-10(9)3-2-4(6-10)5(7)8/h4H,2-3H2,1H3,(H-,6,7,8,9)/t4-,10?/m0/s1. The molecular weight excluding hydrogens is 154 g/mol. The highest BCUT2D eigenvalue weighted by molar-refractivity contribution is 8.05. The van der Waals surface area contributed by atoms with Gasteiger partial charge in [0.25, 0.3) is 5.97 Å². The molecule has 1 aliphatic rings. The Bertz CT molecular complexity index is 203. The Labute approximate surface area is 60.2 Å². The summed E-state index contributed by atoms with van der Waals surface area (Å²) < 4.78 is 14.7. The van der Waals surface area contributed by atoms with Crippen LogP contribution in [0.5, 0.6) is 0 Å². The summed E-state index contributed by atoms with van der Waals surface area (Å²) in [7, 11) is -2.15. The maximum Gasteiger partial charge on any atom is 0.288 e. The first kappa shape index (κ1) is 7.68. The van der Waals surface area contributed by atoms with Gasteiger partial charge in [0.1, 0.15) is 0 Å². The number of aliphatic carboxylic acids is 1. The first-order chi connectivity index (χ1) is 4.51. The molecule has 0 bridgehead atoms. The second-order valence-electron chi connectivity index (χ2n) is 2.41. The van der Waals surface area contributed by atoms with Gasteiger partial charge in [-0.1, -0.05) is 0 Å². The largest absolute Gasteiger partial charge is 0.482 e. The van der Waals surface area contributed by atoms with E-state index < -0.39 is 22.1 Å². The fraction of sp³-hybridized carbons (Fsp3) is 0.800. The van der Waals surface area contributed by atoms with Crippen molar-refractivity contribution in [2.75, 3.05) is 12.0 Å².